The molecule has 0 unspecified atom stereocenters. The van der Waals surface area contributed by atoms with Gasteiger partial charge in [-0.3, -0.25) is 0 Å². The third-order valence-corrected chi connectivity index (χ3v) is 4.21. The largest absolute Gasteiger partial charge is 0.493 e. The fraction of sp³-hybridized carbons (Fsp3) is 0.400. The fourth-order valence-corrected chi connectivity index (χ4v) is 2.62. The molecule has 0 aromatic heterocycles. The van der Waals surface area contributed by atoms with Crippen molar-refractivity contribution in [3.8, 4) is 11.5 Å². The number of halogens is 1. The van der Waals surface area contributed by atoms with Gasteiger partial charge in [-0.2, -0.15) is 0 Å². The Morgan fingerprint density at radius 1 is 1.04 bits per heavy atom. The van der Waals surface area contributed by atoms with E-state index in [0.29, 0.717) is 13.2 Å². The van der Waals surface area contributed by atoms with Crippen LogP contribution in [-0.2, 0) is 6.42 Å². The average Bonchev–Trinajstić information content (AvgIpc) is 2.53. The number of aryl methyl sites for hydroxylation is 1. The van der Waals surface area contributed by atoms with E-state index in [4.69, 9.17) is 21.1 Å². The van der Waals surface area contributed by atoms with Crippen molar-refractivity contribution in [2.24, 2.45) is 0 Å². The number of ether oxygens (including phenoxy) is 2. The predicted molar refractivity (Wildman–Crippen MR) is 101 cm³/mol. The molecule has 0 aliphatic heterocycles. The Labute approximate surface area is 150 Å². The van der Waals surface area contributed by atoms with Gasteiger partial charge in [0, 0.05) is 23.6 Å². The van der Waals surface area contributed by atoms with E-state index in [9.17, 15) is 0 Å². The Kier molecular flexibility index (Phi) is 6.95. The van der Waals surface area contributed by atoms with Crippen LogP contribution in [0.1, 0.15) is 23.6 Å². The number of rotatable bonds is 8. The summed E-state index contributed by atoms with van der Waals surface area (Å²) < 4.78 is 11.8. The fourth-order valence-electron chi connectivity index (χ4n) is 2.50. The minimum absolute atomic E-state index is 0.633. The molecule has 130 valence electrons. The highest BCUT2D eigenvalue weighted by molar-refractivity contribution is 6.31. The van der Waals surface area contributed by atoms with Crippen molar-refractivity contribution in [1.82, 2.24) is 4.90 Å². The Hall–Kier alpha value is -1.71. The maximum absolute atomic E-state index is 6.14. The van der Waals surface area contributed by atoms with E-state index in [2.05, 4.69) is 17.0 Å². The zero-order valence-corrected chi connectivity index (χ0v) is 15.7. The summed E-state index contributed by atoms with van der Waals surface area (Å²) in [6.45, 7) is 6.17. The lowest BCUT2D eigenvalue weighted by molar-refractivity contribution is 0.257. The molecule has 0 amide bonds. The van der Waals surface area contributed by atoms with Crippen molar-refractivity contribution in [2.45, 2.75) is 20.3 Å². The topological polar surface area (TPSA) is 21.7 Å². The van der Waals surface area contributed by atoms with Gasteiger partial charge < -0.3 is 14.4 Å². The second kappa shape index (κ2) is 8.95. The van der Waals surface area contributed by atoms with Gasteiger partial charge in [0.25, 0.3) is 0 Å². The van der Waals surface area contributed by atoms with Crippen LogP contribution in [0.25, 0.3) is 0 Å². The van der Waals surface area contributed by atoms with E-state index in [1.54, 1.807) is 0 Å². The van der Waals surface area contributed by atoms with Crippen molar-refractivity contribution in [3.05, 3.63) is 58.1 Å². The van der Waals surface area contributed by atoms with Crippen LogP contribution in [-0.4, -0.2) is 38.8 Å². The van der Waals surface area contributed by atoms with Crippen molar-refractivity contribution >= 4 is 11.6 Å². The third kappa shape index (κ3) is 5.15. The Bertz CT molecular complexity index is 671. The van der Waals surface area contributed by atoms with Crippen LogP contribution >= 0.6 is 11.6 Å². The van der Waals surface area contributed by atoms with Crippen molar-refractivity contribution in [1.29, 1.82) is 0 Å². The van der Waals surface area contributed by atoms with Gasteiger partial charge in [0.2, 0.25) is 0 Å². The van der Waals surface area contributed by atoms with Gasteiger partial charge >= 0.3 is 0 Å². The summed E-state index contributed by atoms with van der Waals surface area (Å²) in [5.74, 6) is 1.77. The molecule has 0 atom stereocenters. The molecule has 3 nitrogen and oxygen atoms in total. The zero-order chi connectivity index (χ0) is 17.5. The van der Waals surface area contributed by atoms with Gasteiger partial charge in [0.05, 0.1) is 6.61 Å². The standard InChI is InChI=1S/C20H26ClNO2/c1-5-23-19-7-6-8-20(24-12-11-22(3)4)17(19)14-16-9-10-18(21)15(2)13-16/h6-10,13H,5,11-12,14H2,1-4H3. The zero-order valence-electron chi connectivity index (χ0n) is 14.9. The smallest absolute Gasteiger partial charge is 0.126 e. The molecule has 2 aromatic carbocycles. The molecular formula is C20H26ClNO2. The number of likely N-dealkylation sites (N-methyl/N-ethyl adjacent to an activating group) is 1. The van der Waals surface area contributed by atoms with E-state index >= 15 is 0 Å². The molecule has 24 heavy (non-hydrogen) atoms. The Morgan fingerprint density at radius 3 is 2.38 bits per heavy atom. The summed E-state index contributed by atoms with van der Waals surface area (Å²) in [4.78, 5) is 2.11. The van der Waals surface area contributed by atoms with E-state index in [1.807, 2.05) is 52.2 Å². The second-order valence-corrected chi connectivity index (χ2v) is 6.49. The molecule has 0 heterocycles. The molecule has 2 aromatic rings. The summed E-state index contributed by atoms with van der Waals surface area (Å²) in [6, 6.07) is 12.1. The predicted octanol–water partition coefficient (Wildman–Crippen LogP) is 4.58. The Balaban J connectivity index is 2.27. The van der Waals surface area contributed by atoms with Crippen LogP contribution in [0.5, 0.6) is 11.5 Å². The van der Waals surface area contributed by atoms with Crippen molar-refractivity contribution in [3.63, 3.8) is 0 Å². The SMILES string of the molecule is CCOc1cccc(OCCN(C)C)c1Cc1ccc(Cl)c(C)c1. The first-order valence-electron chi connectivity index (χ1n) is 8.28. The van der Waals surface area contributed by atoms with Gasteiger partial charge in [-0.25, -0.2) is 0 Å². The summed E-state index contributed by atoms with van der Waals surface area (Å²) in [5, 5.41) is 0.791. The van der Waals surface area contributed by atoms with Crippen molar-refractivity contribution < 1.29 is 9.47 Å². The quantitative estimate of drug-likeness (QED) is 0.697. The number of hydrogen-bond acceptors (Lipinski definition) is 3. The number of hydrogen-bond donors (Lipinski definition) is 0. The second-order valence-electron chi connectivity index (χ2n) is 6.08. The molecule has 4 heteroatoms. The first-order chi connectivity index (χ1) is 11.5. The first-order valence-corrected chi connectivity index (χ1v) is 8.66. The van der Waals surface area contributed by atoms with E-state index < -0.39 is 0 Å². The van der Waals surface area contributed by atoms with Crippen LogP contribution in [0.2, 0.25) is 5.02 Å². The monoisotopic (exact) mass is 347 g/mol. The third-order valence-electron chi connectivity index (χ3n) is 3.79. The molecule has 0 N–H and O–H groups in total. The normalized spacial score (nSPS) is 10.9. The lowest BCUT2D eigenvalue weighted by Gasteiger charge is -2.17. The summed E-state index contributed by atoms with van der Waals surface area (Å²) >= 11 is 6.14. The summed E-state index contributed by atoms with van der Waals surface area (Å²) in [5.41, 5.74) is 3.36. The Morgan fingerprint density at radius 2 is 1.75 bits per heavy atom. The molecule has 0 bridgehead atoms. The molecule has 0 saturated heterocycles. The molecule has 0 aliphatic rings. The highest BCUT2D eigenvalue weighted by Gasteiger charge is 2.12. The molecule has 0 spiro atoms. The van der Waals surface area contributed by atoms with E-state index in [0.717, 1.165) is 40.6 Å². The summed E-state index contributed by atoms with van der Waals surface area (Å²) in [6.07, 6.45) is 0.755. The number of benzene rings is 2. The maximum atomic E-state index is 6.14. The van der Waals surface area contributed by atoms with Gasteiger partial charge in [0.15, 0.2) is 0 Å². The van der Waals surface area contributed by atoms with Crippen LogP contribution in [0, 0.1) is 6.92 Å². The van der Waals surface area contributed by atoms with Crippen LogP contribution < -0.4 is 9.47 Å². The highest BCUT2D eigenvalue weighted by atomic mass is 35.5. The molecule has 0 saturated carbocycles. The number of nitrogens with zero attached hydrogens (tertiary/aromatic N) is 1. The van der Waals surface area contributed by atoms with Crippen molar-refractivity contribution in [2.75, 3.05) is 33.9 Å². The van der Waals surface area contributed by atoms with E-state index in [-0.39, 0.29) is 0 Å². The molecule has 0 fully saturated rings. The lowest BCUT2D eigenvalue weighted by atomic mass is 10.0. The summed E-state index contributed by atoms with van der Waals surface area (Å²) in [7, 11) is 4.08. The first kappa shape index (κ1) is 18.6. The lowest BCUT2D eigenvalue weighted by Crippen LogP contribution is -2.19. The molecule has 0 aliphatic carbocycles. The van der Waals surface area contributed by atoms with Gasteiger partial charge in [-0.05, 0) is 57.3 Å². The molecule has 0 radical (unpaired) electrons. The molecular weight excluding hydrogens is 322 g/mol. The average molecular weight is 348 g/mol. The van der Waals surface area contributed by atoms with Crippen LogP contribution in [0.3, 0.4) is 0 Å². The minimum Gasteiger partial charge on any atom is -0.493 e. The molecule has 2 rings (SSSR count). The minimum atomic E-state index is 0.633. The van der Waals surface area contributed by atoms with Crippen LogP contribution in [0.15, 0.2) is 36.4 Å². The highest BCUT2D eigenvalue weighted by Crippen LogP contribution is 2.32. The van der Waals surface area contributed by atoms with Gasteiger partial charge in [-0.15, -0.1) is 0 Å². The van der Waals surface area contributed by atoms with Crippen LogP contribution in [0.4, 0.5) is 0 Å². The van der Waals surface area contributed by atoms with Gasteiger partial charge in [-0.1, -0.05) is 29.8 Å². The van der Waals surface area contributed by atoms with Gasteiger partial charge in [0.1, 0.15) is 18.1 Å². The van der Waals surface area contributed by atoms with E-state index in [1.165, 1.54) is 5.56 Å². The maximum Gasteiger partial charge on any atom is 0.126 e.